The Hall–Kier alpha value is -4.76. The third-order valence-corrected chi connectivity index (χ3v) is 9.32. The zero-order valence-electron chi connectivity index (χ0n) is 22.4. The molecule has 0 aromatic carbocycles. The third-order valence-electron chi connectivity index (χ3n) is 8.20. The first kappa shape index (κ1) is 25.2. The second kappa shape index (κ2) is 9.42. The number of nitrogens with zero attached hydrogens (tertiary/aromatic N) is 2. The first-order valence-corrected chi connectivity index (χ1v) is 14.4. The number of nitrogens with one attached hydrogen (secondary N) is 3. The molecule has 8 nitrogen and oxygen atoms in total. The number of hydrogen-bond donors (Lipinski definition) is 3. The van der Waals surface area contributed by atoms with Crippen molar-refractivity contribution in [2.45, 2.75) is 25.2 Å². The van der Waals surface area contributed by atoms with Crippen molar-refractivity contribution in [2.75, 3.05) is 11.9 Å². The first-order valence-electron chi connectivity index (χ1n) is 13.5. The molecule has 7 rings (SSSR count). The Balaban J connectivity index is 1.10. The highest BCUT2D eigenvalue weighted by Gasteiger charge is 2.67. The number of aryl methyl sites for hydroxylation is 1. The molecule has 1 saturated heterocycles. The molecule has 2 aliphatic carbocycles. The maximum Gasteiger partial charge on any atom is 0.271 e. The Kier molecular flexibility index (Phi) is 5.79. The Morgan fingerprint density at radius 2 is 2.20 bits per heavy atom. The Labute approximate surface area is 240 Å². The lowest BCUT2D eigenvalue weighted by Gasteiger charge is -2.27. The highest BCUT2D eigenvalue weighted by Crippen LogP contribution is 2.67. The van der Waals surface area contributed by atoms with Gasteiger partial charge in [0, 0.05) is 52.7 Å². The molecule has 0 bridgehead atoms. The largest absolute Gasteiger partial charge is 0.352 e. The number of carbonyl (C=O) groups is 3. The van der Waals surface area contributed by atoms with E-state index in [9.17, 15) is 14.4 Å². The molecule has 2 amide bonds. The van der Waals surface area contributed by atoms with Crippen molar-refractivity contribution in [1.29, 1.82) is 0 Å². The summed E-state index contributed by atoms with van der Waals surface area (Å²) in [6.07, 6.45) is 19.2. The van der Waals surface area contributed by atoms with Crippen LogP contribution >= 0.6 is 11.3 Å². The topological polar surface area (TPSA) is 107 Å². The minimum Gasteiger partial charge on any atom is -0.352 e. The molecule has 0 unspecified atom stereocenters. The molecule has 2 fully saturated rings. The van der Waals surface area contributed by atoms with Gasteiger partial charge in [-0.05, 0) is 60.4 Å². The average molecular weight is 562 g/mol. The fourth-order valence-corrected chi connectivity index (χ4v) is 7.30. The van der Waals surface area contributed by atoms with Crippen molar-refractivity contribution in [3.8, 4) is 0 Å². The van der Waals surface area contributed by atoms with Gasteiger partial charge in [-0.2, -0.15) is 0 Å². The van der Waals surface area contributed by atoms with Crippen molar-refractivity contribution in [1.82, 2.24) is 20.2 Å². The van der Waals surface area contributed by atoms with Crippen LogP contribution < -0.4 is 10.6 Å². The lowest BCUT2D eigenvalue weighted by molar-refractivity contribution is -0.124. The van der Waals surface area contributed by atoms with Crippen LogP contribution in [0.5, 0.6) is 0 Å². The number of H-pyrrole nitrogens is 1. The number of piperidine rings is 1. The second-order valence-electron chi connectivity index (χ2n) is 10.8. The van der Waals surface area contributed by atoms with Gasteiger partial charge in [-0.15, -0.1) is 11.3 Å². The molecule has 3 aromatic rings. The van der Waals surface area contributed by atoms with Crippen LogP contribution in [0.15, 0.2) is 90.0 Å². The predicted molar refractivity (Wildman–Crippen MR) is 160 cm³/mol. The minimum atomic E-state index is -0.306. The molecule has 204 valence electrons. The summed E-state index contributed by atoms with van der Waals surface area (Å²) in [7, 11) is 0. The second-order valence-corrected chi connectivity index (χ2v) is 11.7. The predicted octanol–water partition coefficient (Wildman–Crippen LogP) is 5.27. The zero-order valence-corrected chi connectivity index (χ0v) is 23.2. The molecule has 5 heterocycles. The van der Waals surface area contributed by atoms with E-state index in [0.717, 1.165) is 39.1 Å². The number of anilines is 1. The van der Waals surface area contributed by atoms with Gasteiger partial charge in [0.05, 0.1) is 16.8 Å². The number of aromatic nitrogens is 2. The molecule has 1 spiro atoms. The van der Waals surface area contributed by atoms with Crippen LogP contribution in [0.2, 0.25) is 0 Å². The van der Waals surface area contributed by atoms with Crippen LogP contribution in [-0.2, 0) is 15.0 Å². The fourth-order valence-electron chi connectivity index (χ4n) is 6.25. The van der Waals surface area contributed by atoms with E-state index in [0.29, 0.717) is 41.6 Å². The van der Waals surface area contributed by atoms with E-state index in [1.165, 1.54) is 11.3 Å². The van der Waals surface area contributed by atoms with Gasteiger partial charge in [0.25, 0.3) is 11.8 Å². The van der Waals surface area contributed by atoms with E-state index in [1.807, 2.05) is 29.7 Å². The molecular formula is C32H27N5O3S. The number of hydrogen-bond acceptors (Lipinski definition) is 6. The van der Waals surface area contributed by atoms with Gasteiger partial charge in [-0.1, -0.05) is 30.9 Å². The summed E-state index contributed by atoms with van der Waals surface area (Å²) in [5, 5.41) is 8.76. The quantitative estimate of drug-likeness (QED) is 0.377. The highest BCUT2D eigenvalue weighted by molar-refractivity contribution is 7.12. The number of fused-ring (bicyclic) bond motifs is 2. The lowest BCUT2D eigenvalue weighted by atomic mass is 9.84. The van der Waals surface area contributed by atoms with Crippen molar-refractivity contribution in [3.63, 3.8) is 0 Å². The van der Waals surface area contributed by atoms with Crippen LogP contribution in [0.3, 0.4) is 0 Å². The molecule has 4 aliphatic rings. The standard InChI is InChI=1S/C32H27N5O3S/c1-18-17-41-29-25(38)12-26-32(28(18)29)13-21(32)16-37(26)27(39)10-9-20-14-33-30-23(20)11-22(15-34-30)36-31(40)24-8-6-4-3-5-7-19(2)35-24/h3-5,7-12,14-15,17,21,35H,2,6,13,16H2,1H3,(H,33,34)(H,36,40)/b4-3-,7-5-,10-9+,24-8-/t21-,32+/m0/s1. The number of likely N-dealkylation sites (tertiary alicyclic amines) is 1. The molecule has 9 heteroatoms. The average Bonchev–Trinajstić information content (AvgIpc) is 3.25. The number of ketones is 1. The lowest BCUT2D eigenvalue weighted by Crippen LogP contribution is -2.32. The van der Waals surface area contributed by atoms with Gasteiger partial charge >= 0.3 is 0 Å². The van der Waals surface area contributed by atoms with Gasteiger partial charge in [0.2, 0.25) is 0 Å². The Bertz CT molecular complexity index is 1830. The molecule has 3 N–H and O–H groups in total. The van der Waals surface area contributed by atoms with Crippen LogP contribution in [0.4, 0.5) is 5.69 Å². The zero-order chi connectivity index (χ0) is 28.3. The molecule has 3 aromatic heterocycles. The Morgan fingerprint density at radius 3 is 3.07 bits per heavy atom. The first-order chi connectivity index (χ1) is 19.8. The van der Waals surface area contributed by atoms with Gasteiger partial charge < -0.3 is 20.5 Å². The van der Waals surface area contributed by atoms with Crippen LogP contribution in [0.25, 0.3) is 17.1 Å². The molecule has 0 radical (unpaired) electrons. The molecule has 41 heavy (non-hydrogen) atoms. The summed E-state index contributed by atoms with van der Waals surface area (Å²) in [5.74, 6) is -0.117. The van der Waals surface area contributed by atoms with Gasteiger partial charge in [0.1, 0.15) is 11.3 Å². The van der Waals surface area contributed by atoms with Gasteiger partial charge in [-0.25, -0.2) is 4.98 Å². The summed E-state index contributed by atoms with van der Waals surface area (Å²) in [5.41, 5.74) is 5.85. The van der Waals surface area contributed by atoms with Crippen molar-refractivity contribution >= 4 is 51.7 Å². The summed E-state index contributed by atoms with van der Waals surface area (Å²) in [6.45, 7) is 6.59. The van der Waals surface area contributed by atoms with E-state index in [-0.39, 0.29) is 23.0 Å². The number of thiophene rings is 1. The minimum absolute atomic E-state index is 0.0106. The maximum absolute atomic E-state index is 13.4. The smallest absolute Gasteiger partial charge is 0.271 e. The third kappa shape index (κ3) is 4.12. The normalized spacial score (nSPS) is 25.6. The fraction of sp³-hybridized carbons (Fsp3) is 0.188. The summed E-state index contributed by atoms with van der Waals surface area (Å²) in [6, 6.07) is 1.83. The van der Waals surface area contributed by atoms with Crippen molar-refractivity contribution < 1.29 is 14.4 Å². The number of aromatic amines is 1. The van der Waals surface area contributed by atoms with E-state index in [1.54, 1.807) is 47.7 Å². The van der Waals surface area contributed by atoms with Gasteiger partial charge in [0.15, 0.2) is 5.78 Å². The maximum atomic E-state index is 13.4. The SMILES string of the molecule is C=C1/C=C\C=C/C/C=C(/C(=O)Nc2cnc3[nH]cc(/C=C/C(=O)N4C[C@@H]5C[C@]56C4=CC(=O)c4scc(C)c46)c3c2)N1. The van der Waals surface area contributed by atoms with E-state index >= 15 is 0 Å². The molecule has 1 saturated carbocycles. The van der Waals surface area contributed by atoms with Crippen molar-refractivity contribution in [3.05, 3.63) is 112 Å². The van der Waals surface area contributed by atoms with Crippen molar-refractivity contribution in [2.24, 2.45) is 5.92 Å². The van der Waals surface area contributed by atoms with Crippen LogP contribution in [0.1, 0.15) is 39.2 Å². The summed E-state index contributed by atoms with van der Waals surface area (Å²) in [4.78, 5) is 49.4. The number of carbonyl (C=O) groups excluding carboxylic acids is 3. The van der Waals surface area contributed by atoms with E-state index in [4.69, 9.17) is 0 Å². The van der Waals surface area contributed by atoms with E-state index < -0.39 is 0 Å². The van der Waals surface area contributed by atoms with E-state index in [2.05, 4.69) is 34.1 Å². The molecule has 2 atom stereocenters. The van der Waals surface area contributed by atoms with Gasteiger partial charge in [-0.3, -0.25) is 14.4 Å². The highest BCUT2D eigenvalue weighted by atomic mass is 32.1. The van der Waals surface area contributed by atoms with Crippen LogP contribution in [0, 0.1) is 12.8 Å². The monoisotopic (exact) mass is 561 g/mol. The Morgan fingerprint density at radius 1 is 1.32 bits per heavy atom. The number of rotatable bonds is 4. The molecule has 2 aliphatic heterocycles. The van der Waals surface area contributed by atoms with Crippen LogP contribution in [-0.4, -0.2) is 39.0 Å². The number of pyridine rings is 1. The summed E-state index contributed by atoms with van der Waals surface area (Å²) >= 11 is 1.51. The molecular weight excluding hydrogens is 534 g/mol. The number of amides is 2. The number of allylic oxidation sites excluding steroid dienone is 7. The summed E-state index contributed by atoms with van der Waals surface area (Å²) < 4.78 is 0.